The maximum absolute atomic E-state index is 10.8. The maximum atomic E-state index is 10.8. The standard InChI is InChI=1S/C10H7NO2S/c12-11(13)10-8-4-2-1-3-7(8)5-6-9(10)14/h1-6,14H. The van der Waals surface area contributed by atoms with Crippen LogP contribution < -0.4 is 0 Å². The molecule has 0 heterocycles. The van der Waals surface area contributed by atoms with E-state index in [1.807, 2.05) is 18.2 Å². The molecule has 0 N–H and O–H groups in total. The summed E-state index contributed by atoms with van der Waals surface area (Å²) >= 11 is 4.07. The number of hydrogen-bond acceptors (Lipinski definition) is 3. The Kier molecular flexibility index (Phi) is 2.13. The molecule has 0 unspecified atom stereocenters. The second-order valence-electron chi connectivity index (χ2n) is 2.91. The molecule has 0 aliphatic rings. The summed E-state index contributed by atoms with van der Waals surface area (Å²) in [5, 5.41) is 12.3. The van der Waals surface area contributed by atoms with Crippen molar-refractivity contribution < 1.29 is 4.92 Å². The summed E-state index contributed by atoms with van der Waals surface area (Å²) < 4.78 is 0. The Labute approximate surface area is 85.9 Å². The SMILES string of the molecule is O=[N+]([O-])c1c(S)ccc2ccccc12. The van der Waals surface area contributed by atoms with Crippen LogP contribution in [0.5, 0.6) is 0 Å². The molecule has 0 spiro atoms. The minimum atomic E-state index is -0.398. The molecule has 0 bridgehead atoms. The summed E-state index contributed by atoms with van der Waals surface area (Å²) in [5.74, 6) is 0. The summed E-state index contributed by atoms with van der Waals surface area (Å²) in [7, 11) is 0. The first-order valence-electron chi connectivity index (χ1n) is 4.05. The molecular weight excluding hydrogens is 198 g/mol. The lowest BCUT2D eigenvalue weighted by molar-refractivity contribution is -0.385. The molecule has 2 aromatic rings. The highest BCUT2D eigenvalue weighted by atomic mass is 32.1. The van der Waals surface area contributed by atoms with Gasteiger partial charge in [0, 0.05) is 0 Å². The van der Waals surface area contributed by atoms with E-state index in [1.165, 1.54) is 0 Å². The van der Waals surface area contributed by atoms with Crippen molar-refractivity contribution in [3.05, 3.63) is 46.5 Å². The summed E-state index contributed by atoms with van der Waals surface area (Å²) in [4.78, 5) is 10.8. The summed E-state index contributed by atoms with van der Waals surface area (Å²) in [5.41, 5.74) is 0.0754. The molecule has 14 heavy (non-hydrogen) atoms. The van der Waals surface area contributed by atoms with E-state index in [2.05, 4.69) is 12.6 Å². The molecule has 4 heteroatoms. The molecule has 0 aromatic heterocycles. The van der Waals surface area contributed by atoms with E-state index >= 15 is 0 Å². The highest BCUT2D eigenvalue weighted by Crippen LogP contribution is 2.31. The van der Waals surface area contributed by atoms with Crippen molar-refractivity contribution in [2.24, 2.45) is 0 Å². The normalized spacial score (nSPS) is 10.4. The second kappa shape index (κ2) is 3.31. The van der Waals surface area contributed by atoms with Gasteiger partial charge in [-0.1, -0.05) is 24.3 Å². The van der Waals surface area contributed by atoms with Gasteiger partial charge in [-0.05, 0) is 17.5 Å². The van der Waals surface area contributed by atoms with Crippen LogP contribution in [0.2, 0.25) is 0 Å². The summed E-state index contributed by atoms with van der Waals surface area (Å²) in [6.45, 7) is 0. The number of nitrogens with zero attached hydrogens (tertiary/aromatic N) is 1. The first-order chi connectivity index (χ1) is 6.70. The van der Waals surface area contributed by atoms with Gasteiger partial charge in [0.1, 0.15) is 0 Å². The molecule has 0 saturated carbocycles. The Morgan fingerprint density at radius 1 is 1.14 bits per heavy atom. The number of fused-ring (bicyclic) bond motifs is 1. The molecule has 2 rings (SSSR count). The molecule has 0 radical (unpaired) electrons. The quantitative estimate of drug-likeness (QED) is 0.441. The zero-order valence-corrected chi connectivity index (χ0v) is 8.07. The third kappa shape index (κ3) is 1.33. The maximum Gasteiger partial charge on any atom is 0.290 e. The monoisotopic (exact) mass is 205 g/mol. The molecular formula is C10H7NO2S. The van der Waals surface area contributed by atoms with Crippen molar-refractivity contribution in [3.8, 4) is 0 Å². The van der Waals surface area contributed by atoms with Crippen molar-refractivity contribution in [2.45, 2.75) is 4.90 Å². The van der Waals surface area contributed by atoms with E-state index in [1.54, 1.807) is 18.2 Å². The van der Waals surface area contributed by atoms with Crippen LogP contribution in [-0.2, 0) is 0 Å². The van der Waals surface area contributed by atoms with E-state index in [0.717, 1.165) is 5.39 Å². The zero-order valence-electron chi connectivity index (χ0n) is 7.18. The highest BCUT2D eigenvalue weighted by molar-refractivity contribution is 7.80. The van der Waals surface area contributed by atoms with E-state index < -0.39 is 4.92 Å². The van der Waals surface area contributed by atoms with Crippen molar-refractivity contribution >= 4 is 29.1 Å². The van der Waals surface area contributed by atoms with Gasteiger partial charge in [0.25, 0.3) is 5.69 Å². The third-order valence-corrected chi connectivity index (χ3v) is 2.42. The summed E-state index contributed by atoms with van der Waals surface area (Å²) in [6.07, 6.45) is 0. The van der Waals surface area contributed by atoms with E-state index in [4.69, 9.17) is 0 Å². The van der Waals surface area contributed by atoms with Crippen molar-refractivity contribution in [3.63, 3.8) is 0 Å². The van der Waals surface area contributed by atoms with Crippen LogP contribution in [0.15, 0.2) is 41.3 Å². The average Bonchev–Trinajstić information content (AvgIpc) is 2.17. The van der Waals surface area contributed by atoms with E-state index in [0.29, 0.717) is 10.3 Å². The van der Waals surface area contributed by atoms with Crippen LogP contribution in [0.25, 0.3) is 10.8 Å². The first kappa shape index (κ1) is 9.02. The molecule has 2 aromatic carbocycles. The number of thiol groups is 1. The second-order valence-corrected chi connectivity index (χ2v) is 3.39. The largest absolute Gasteiger partial charge is 0.290 e. The van der Waals surface area contributed by atoms with Gasteiger partial charge in [-0.15, -0.1) is 12.6 Å². The number of nitro benzene ring substituents is 1. The van der Waals surface area contributed by atoms with Crippen molar-refractivity contribution in [1.82, 2.24) is 0 Å². The minimum Gasteiger partial charge on any atom is -0.258 e. The number of nitro groups is 1. The van der Waals surface area contributed by atoms with Crippen LogP contribution in [-0.4, -0.2) is 4.92 Å². The van der Waals surface area contributed by atoms with Gasteiger partial charge in [-0.3, -0.25) is 10.1 Å². The van der Waals surface area contributed by atoms with Crippen molar-refractivity contribution in [1.29, 1.82) is 0 Å². The van der Waals surface area contributed by atoms with Gasteiger partial charge in [0.05, 0.1) is 15.2 Å². The summed E-state index contributed by atoms with van der Waals surface area (Å²) in [6, 6.07) is 10.7. The van der Waals surface area contributed by atoms with Gasteiger partial charge >= 0.3 is 0 Å². The Morgan fingerprint density at radius 3 is 2.57 bits per heavy atom. The van der Waals surface area contributed by atoms with Gasteiger partial charge in [0.2, 0.25) is 0 Å². The molecule has 3 nitrogen and oxygen atoms in total. The zero-order chi connectivity index (χ0) is 10.1. The fourth-order valence-corrected chi connectivity index (χ4v) is 1.71. The number of hydrogen-bond donors (Lipinski definition) is 1. The van der Waals surface area contributed by atoms with Gasteiger partial charge < -0.3 is 0 Å². The third-order valence-electron chi connectivity index (χ3n) is 2.06. The molecule has 0 aliphatic heterocycles. The van der Waals surface area contributed by atoms with Crippen LogP contribution in [0.1, 0.15) is 0 Å². The molecule has 70 valence electrons. The highest BCUT2D eigenvalue weighted by Gasteiger charge is 2.14. The Balaban J connectivity index is 2.90. The lowest BCUT2D eigenvalue weighted by atomic mass is 10.1. The predicted octanol–water partition coefficient (Wildman–Crippen LogP) is 3.04. The Hall–Kier alpha value is -1.55. The van der Waals surface area contributed by atoms with Crippen LogP contribution >= 0.6 is 12.6 Å². The van der Waals surface area contributed by atoms with Crippen molar-refractivity contribution in [2.75, 3.05) is 0 Å². The smallest absolute Gasteiger partial charge is 0.258 e. The Morgan fingerprint density at radius 2 is 1.86 bits per heavy atom. The van der Waals surface area contributed by atoms with E-state index in [-0.39, 0.29) is 5.69 Å². The fourth-order valence-electron chi connectivity index (χ4n) is 1.44. The topological polar surface area (TPSA) is 43.1 Å². The average molecular weight is 205 g/mol. The predicted molar refractivity (Wildman–Crippen MR) is 57.9 cm³/mol. The molecule has 0 amide bonds. The van der Waals surface area contributed by atoms with Gasteiger partial charge in [0.15, 0.2) is 0 Å². The number of benzene rings is 2. The molecule has 0 saturated heterocycles. The van der Waals surface area contributed by atoms with Gasteiger partial charge in [-0.2, -0.15) is 0 Å². The lowest BCUT2D eigenvalue weighted by Gasteiger charge is -2.00. The first-order valence-corrected chi connectivity index (χ1v) is 4.50. The van der Waals surface area contributed by atoms with Crippen LogP contribution in [0.3, 0.4) is 0 Å². The van der Waals surface area contributed by atoms with Crippen LogP contribution in [0, 0.1) is 10.1 Å². The van der Waals surface area contributed by atoms with E-state index in [9.17, 15) is 10.1 Å². The lowest BCUT2D eigenvalue weighted by Crippen LogP contribution is -1.90. The molecule has 0 atom stereocenters. The number of rotatable bonds is 1. The molecule has 0 aliphatic carbocycles. The Bertz CT molecular complexity index is 510. The van der Waals surface area contributed by atoms with Gasteiger partial charge in [-0.25, -0.2) is 0 Å². The van der Waals surface area contributed by atoms with Crippen LogP contribution in [0.4, 0.5) is 5.69 Å². The minimum absolute atomic E-state index is 0.0754. The fraction of sp³-hybridized carbons (Fsp3) is 0. The molecule has 0 fully saturated rings.